The van der Waals surface area contributed by atoms with Crippen LogP contribution in [0.1, 0.15) is 30.1 Å². The molecule has 2 atom stereocenters. The quantitative estimate of drug-likeness (QED) is 0.616. The molecule has 30 heavy (non-hydrogen) atoms. The second kappa shape index (κ2) is 7.82. The molecule has 0 radical (unpaired) electrons. The number of para-hydroxylation sites is 2. The fraction of sp³-hybridized carbons (Fsp3) is 0.348. The van der Waals surface area contributed by atoms with Crippen LogP contribution < -0.4 is 24.8 Å². The van der Waals surface area contributed by atoms with Crippen molar-refractivity contribution in [1.82, 2.24) is 15.6 Å². The van der Waals surface area contributed by atoms with E-state index in [2.05, 4.69) is 21.7 Å². The number of benzene rings is 2. The van der Waals surface area contributed by atoms with Gasteiger partial charge in [0.05, 0.1) is 19.7 Å². The Labute approximate surface area is 174 Å². The highest BCUT2D eigenvalue weighted by atomic mass is 16.6. The summed E-state index contributed by atoms with van der Waals surface area (Å²) in [5.74, 6) is 2.29. The summed E-state index contributed by atoms with van der Waals surface area (Å²) in [4.78, 5) is 16.1. The van der Waals surface area contributed by atoms with Crippen molar-refractivity contribution >= 4 is 16.9 Å². The molecular formula is C23H25N3O4. The van der Waals surface area contributed by atoms with E-state index in [1.807, 2.05) is 36.4 Å². The van der Waals surface area contributed by atoms with E-state index in [1.54, 1.807) is 7.11 Å². The van der Waals surface area contributed by atoms with E-state index in [0.29, 0.717) is 18.9 Å². The molecule has 2 aromatic carbocycles. The van der Waals surface area contributed by atoms with Gasteiger partial charge in [-0.3, -0.25) is 0 Å². The molecule has 5 rings (SSSR count). The second-order valence-corrected chi connectivity index (χ2v) is 7.73. The summed E-state index contributed by atoms with van der Waals surface area (Å²) >= 11 is 0. The summed E-state index contributed by atoms with van der Waals surface area (Å²) in [5, 5.41) is 7.21. The third kappa shape index (κ3) is 3.51. The van der Waals surface area contributed by atoms with Crippen molar-refractivity contribution in [2.75, 3.05) is 20.3 Å². The molecule has 7 nitrogen and oxygen atoms in total. The van der Waals surface area contributed by atoms with Crippen LogP contribution in [-0.2, 0) is 6.42 Å². The van der Waals surface area contributed by atoms with E-state index >= 15 is 0 Å². The Bertz CT molecular complexity index is 1080. The molecular weight excluding hydrogens is 382 g/mol. The number of carbonyl (C=O) groups is 1. The lowest BCUT2D eigenvalue weighted by Gasteiger charge is -2.27. The predicted molar refractivity (Wildman–Crippen MR) is 113 cm³/mol. The molecule has 0 unspecified atom stereocenters. The number of fused-ring (bicyclic) bond motifs is 4. The van der Waals surface area contributed by atoms with Crippen LogP contribution in [0.2, 0.25) is 0 Å². The minimum absolute atomic E-state index is 0.0450. The zero-order chi connectivity index (χ0) is 20.5. The van der Waals surface area contributed by atoms with Crippen molar-refractivity contribution in [3.63, 3.8) is 0 Å². The number of nitrogens with one attached hydrogen (secondary N) is 3. The maximum atomic E-state index is 12.6. The van der Waals surface area contributed by atoms with E-state index in [-0.39, 0.29) is 18.2 Å². The molecule has 1 aliphatic heterocycles. The molecule has 0 saturated heterocycles. The maximum Gasteiger partial charge on any atom is 0.315 e. The number of aromatic amines is 1. The summed E-state index contributed by atoms with van der Waals surface area (Å²) in [6, 6.07) is 13.4. The highest BCUT2D eigenvalue weighted by Crippen LogP contribution is 2.36. The van der Waals surface area contributed by atoms with Gasteiger partial charge in [0.15, 0.2) is 17.6 Å². The first-order chi connectivity index (χ1) is 14.7. The van der Waals surface area contributed by atoms with E-state index in [0.717, 1.165) is 42.0 Å². The number of ether oxygens (including phenoxy) is 3. The summed E-state index contributed by atoms with van der Waals surface area (Å²) in [6.45, 7) is 0.790. The summed E-state index contributed by atoms with van der Waals surface area (Å²) < 4.78 is 17.0. The smallest absolute Gasteiger partial charge is 0.315 e. The van der Waals surface area contributed by atoms with Crippen LogP contribution in [0.3, 0.4) is 0 Å². The molecule has 1 aromatic heterocycles. The molecule has 0 saturated carbocycles. The highest BCUT2D eigenvalue weighted by Gasteiger charge is 2.27. The fourth-order valence-corrected chi connectivity index (χ4v) is 4.29. The minimum Gasteiger partial charge on any atom is -0.497 e. The summed E-state index contributed by atoms with van der Waals surface area (Å²) in [6.07, 6.45) is 2.71. The summed E-state index contributed by atoms with van der Waals surface area (Å²) in [5.41, 5.74) is 3.42. The maximum absolute atomic E-state index is 12.6. The monoisotopic (exact) mass is 407 g/mol. The van der Waals surface area contributed by atoms with Crippen LogP contribution in [0.25, 0.3) is 10.9 Å². The Morgan fingerprint density at radius 3 is 2.97 bits per heavy atom. The van der Waals surface area contributed by atoms with Gasteiger partial charge in [0.1, 0.15) is 12.4 Å². The Morgan fingerprint density at radius 1 is 1.23 bits per heavy atom. The van der Waals surface area contributed by atoms with Crippen LogP contribution in [0.4, 0.5) is 4.79 Å². The van der Waals surface area contributed by atoms with Crippen molar-refractivity contribution in [3.8, 4) is 17.2 Å². The van der Waals surface area contributed by atoms with Crippen LogP contribution in [0.5, 0.6) is 17.2 Å². The molecule has 156 valence electrons. The van der Waals surface area contributed by atoms with Gasteiger partial charge < -0.3 is 29.8 Å². The summed E-state index contributed by atoms with van der Waals surface area (Å²) in [7, 11) is 1.68. The number of H-pyrrole nitrogens is 1. The van der Waals surface area contributed by atoms with E-state index in [4.69, 9.17) is 14.2 Å². The number of amides is 2. The molecule has 3 aromatic rings. The number of aryl methyl sites for hydroxylation is 1. The number of methoxy groups -OCH3 is 1. The number of carbonyl (C=O) groups excluding carboxylic acids is 1. The number of rotatable bonds is 4. The zero-order valence-corrected chi connectivity index (χ0v) is 16.9. The molecule has 2 amide bonds. The molecule has 0 spiro atoms. The lowest BCUT2D eigenvalue weighted by atomic mass is 9.92. The highest BCUT2D eigenvalue weighted by molar-refractivity contribution is 5.87. The third-order valence-electron chi connectivity index (χ3n) is 5.78. The molecule has 7 heteroatoms. The van der Waals surface area contributed by atoms with Gasteiger partial charge in [-0.25, -0.2) is 4.79 Å². The van der Waals surface area contributed by atoms with E-state index in [9.17, 15) is 4.79 Å². The van der Waals surface area contributed by atoms with Gasteiger partial charge >= 0.3 is 6.03 Å². The number of hydrogen-bond donors (Lipinski definition) is 3. The zero-order valence-electron chi connectivity index (χ0n) is 16.9. The van der Waals surface area contributed by atoms with Gasteiger partial charge in [-0.2, -0.15) is 0 Å². The molecule has 0 fully saturated rings. The number of aromatic nitrogens is 1. The topological polar surface area (TPSA) is 84.6 Å². The fourth-order valence-electron chi connectivity index (χ4n) is 4.29. The van der Waals surface area contributed by atoms with Gasteiger partial charge in [-0.1, -0.05) is 12.1 Å². The van der Waals surface area contributed by atoms with Crippen molar-refractivity contribution in [3.05, 3.63) is 53.7 Å². The van der Waals surface area contributed by atoms with Crippen molar-refractivity contribution < 1.29 is 19.0 Å². The van der Waals surface area contributed by atoms with E-state index in [1.165, 1.54) is 10.9 Å². The predicted octanol–water partition coefficient (Wildman–Crippen LogP) is 3.69. The minimum atomic E-state index is -0.215. The van der Waals surface area contributed by atoms with Gasteiger partial charge in [0.25, 0.3) is 0 Å². The van der Waals surface area contributed by atoms with Crippen LogP contribution in [0.15, 0.2) is 42.5 Å². The number of hydrogen-bond acceptors (Lipinski definition) is 4. The van der Waals surface area contributed by atoms with Gasteiger partial charge in [0.2, 0.25) is 0 Å². The first kappa shape index (κ1) is 18.7. The van der Waals surface area contributed by atoms with Crippen molar-refractivity contribution in [2.45, 2.75) is 31.4 Å². The number of urea groups is 1. The molecule has 0 bridgehead atoms. The van der Waals surface area contributed by atoms with Gasteiger partial charge in [-0.15, -0.1) is 0 Å². The average molecular weight is 407 g/mol. The Kier molecular flexibility index (Phi) is 4.86. The average Bonchev–Trinajstić information content (AvgIpc) is 3.16. The molecule has 3 N–H and O–H groups in total. The van der Waals surface area contributed by atoms with Crippen molar-refractivity contribution in [1.29, 1.82) is 0 Å². The lowest BCUT2D eigenvalue weighted by molar-refractivity contribution is 0.0916. The standard InChI is InChI=1S/C23H25N3O4/c1-28-14-9-10-18-17(11-14)16-5-4-6-19(22(16)25-18)26-23(27)24-12-15-13-29-20-7-2-3-8-21(20)30-15/h2-3,7-11,15,19,25H,4-6,12-13H2,1H3,(H2,24,26,27)/t15-,19+/m1/s1. The van der Waals surface area contributed by atoms with Gasteiger partial charge in [0, 0.05) is 16.6 Å². The molecule has 1 aliphatic carbocycles. The molecule has 2 heterocycles. The third-order valence-corrected chi connectivity index (χ3v) is 5.78. The van der Waals surface area contributed by atoms with Crippen LogP contribution in [0, 0.1) is 0 Å². The van der Waals surface area contributed by atoms with Crippen molar-refractivity contribution in [2.24, 2.45) is 0 Å². The first-order valence-corrected chi connectivity index (χ1v) is 10.3. The largest absolute Gasteiger partial charge is 0.497 e. The Balaban J connectivity index is 1.23. The normalized spacial score (nSPS) is 19.8. The molecule has 2 aliphatic rings. The Hall–Kier alpha value is -3.35. The van der Waals surface area contributed by atoms with Gasteiger partial charge in [-0.05, 0) is 55.2 Å². The van der Waals surface area contributed by atoms with E-state index < -0.39 is 0 Å². The second-order valence-electron chi connectivity index (χ2n) is 7.73. The first-order valence-electron chi connectivity index (χ1n) is 10.3. The van der Waals surface area contributed by atoms with Crippen LogP contribution >= 0.6 is 0 Å². The Morgan fingerprint density at radius 2 is 2.10 bits per heavy atom. The van der Waals surface area contributed by atoms with Crippen LogP contribution in [-0.4, -0.2) is 37.4 Å². The lowest BCUT2D eigenvalue weighted by Crippen LogP contribution is -2.45. The SMILES string of the molecule is COc1ccc2[nH]c3c(c2c1)CCC[C@@H]3NC(=O)NC[C@@H]1COc2ccccc2O1.